The molecule has 1 amide bonds. The van der Waals surface area contributed by atoms with E-state index in [4.69, 9.17) is 0 Å². The molecule has 1 aliphatic rings. The smallest absolute Gasteiger partial charge is 0.243 e. The van der Waals surface area contributed by atoms with Gasteiger partial charge in [0.05, 0.1) is 44.0 Å². The number of carbonyl (C=O) groups is 1. The quantitative estimate of drug-likeness (QED) is 0.766. The third-order valence-corrected chi connectivity index (χ3v) is 7.18. The number of benzene rings is 2. The van der Waals surface area contributed by atoms with E-state index in [1.165, 1.54) is 9.21 Å². The molecule has 0 unspecified atom stereocenters. The van der Waals surface area contributed by atoms with Crippen LogP contribution in [0.25, 0.3) is 0 Å². The SMILES string of the molecule is CC[C@@H](C(=O)Nc1ccc(S(=O)(=O)N2CC[NH+](C)CC2)cc1)c1ccccc1. The van der Waals surface area contributed by atoms with Crippen molar-refractivity contribution in [2.45, 2.75) is 24.2 Å². The topological polar surface area (TPSA) is 70.9 Å². The van der Waals surface area contributed by atoms with E-state index < -0.39 is 10.0 Å². The van der Waals surface area contributed by atoms with Gasteiger partial charge in [-0.15, -0.1) is 0 Å². The lowest BCUT2D eigenvalue weighted by Gasteiger charge is -2.29. The highest BCUT2D eigenvalue weighted by Gasteiger charge is 2.29. The number of nitrogens with one attached hydrogen (secondary N) is 2. The maximum Gasteiger partial charge on any atom is 0.243 e. The van der Waals surface area contributed by atoms with Gasteiger partial charge in [0.25, 0.3) is 0 Å². The Kier molecular flexibility index (Phi) is 6.49. The lowest BCUT2D eigenvalue weighted by Crippen LogP contribution is -3.12. The first-order valence-corrected chi connectivity index (χ1v) is 11.1. The van der Waals surface area contributed by atoms with Crippen molar-refractivity contribution in [3.8, 4) is 0 Å². The van der Waals surface area contributed by atoms with Gasteiger partial charge in [0.1, 0.15) is 0 Å². The van der Waals surface area contributed by atoms with Crippen LogP contribution in [0.4, 0.5) is 5.69 Å². The van der Waals surface area contributed by atoms with Crippen molar-refractivity contribution in [3.63, 3.8) is 0 Å². The van der Waals surface area contributed by atoms with E-state index >= 15 is 0 Å². The number of rotatable bonds is 6. The number of hydrogen-bond donors (Lipinski definition) is 2. The van der Waals surface area contributed by atoms with Crippen LogP contribution in [0.1, 0.15) is 24.8 Å². The van der Waals surface area contributed by atoms with Gasteiger partial charge in [-0.25, -0.2) is 8.42 Å². The van der Waals surface area contributed by atoms with Crippen LogP contribution in [0.3, 0.4) is 0 Å². The van der Waals surface area contributed by atoms with E-state index in [-0.39, 0.29) is 16.7 Å². The van der Waals surface area contributed by atoms with E-state index in [0.29, 0.717) is 25.2 Å². The Morgan fingerprint density at radius 1 is 1.07 bits per heavy atom. The normalized spacial score (nSPS) is 17.2. The average molecular weight is 403 g/mol. The van der Waals surface area contributed by atoms with Gasteiger partial charge in [-0.05, 0) is 36.2 Å². The first-order chi connectivity index (χ1) is 13.4. The van der Waals surface area contributed by atoms with Crippen LogP contribution in [0.5, 0.6) is 0 Å². The fourth-order valence-electron chi connectivity index (χ4n) is 3.45. The van der Waals surface area contributed by atoms with Gasteiger partial charge in [-0.1, -0.05) is 37.3 Å². The average Bonchev–Trinajstić information content (AvgIpc) is 2.70. The van der Waals surface area contributed by atoms with Crippen LogP contribution in [-0.4, -0.2) is 51.9 Å². The number of anilines is 1. The van der Waals surface area contributed by atoms with Gasteiger partial charge in [0, 0.05) is 5.69 Å². The largest absolute Gasteiger partial charge is 0.335 e. The molecule has 0 aliphatic carbocycles. The molecule has 1 atom stereocenters. The molecule has 3 rings (SSSR count). The lowest BCUT2D eigenvalue weighted by atomic mass is 9.95. The van der Waals surface area contributed by atoms with Crippen LogP contribution in [-0.2, 0) is 14.8 Å². The van der Waals surface area contributed by atoms with E-state index in [2.05, 4.69) is 12.4 Å². The predicted octanol–water partition coefficient (Wildman–Crippen LogP) is 1.34. The molecule has 0 aromatic heterocycles. The minimum atomic E-state index is -3.49. The van der Waals surface area contributed by atoms with Crippen molar-refractivity contribution in [1.29, 1.82) is 0 Å². The van der Waals surface area contributed by atoms with E-state index in [0.717, 1.165) is 18.7 Å². The number of likely N-dealkylation sites (N-methyl/N-ethyl adjacent to an activating group) is 1. The summed E-state index contributed by atoms with van der Waals surface area (Å²) in [4.78, 5) is 14.3. The second kappa shape index (κ2) is 8.86. The van der Waals surface area contributed by atoms with Gasteiger partial charge in [0.2, 0.25) is 15.9 Å². The molecule has 150 valence electrons. The highest BCUT2D eigenvalue weighted by atomic mass is 32.2. The molecule has 6 nitrogen and oxygen atoms in total. The summed E-state index contributed by atoms with van der Waals surface area (Å²) in [6.07, 6.45) is 0.688. The first-order valence-electron chi connectivity index (χ1n) is 9.69. The summed E-state index contributed by atoms with van der Waals surface area (Å²) in [7, 11) is -1.42. The number of nitrogens with zero attached hydrogens (tertiary/aromatic N) is 1. The van der Waals surface area contributed by atoms with Gasteiger partial charge < -0.3 is 10.2 Å². The summed E-state index contributed by atoms with van der Waals surface area (Å²) in [5.41, 5.74) is 1.57. The molecule has 7 heteroatoms. The van der Waals surface area contributed by atoms with Crippen molar-refractivity contribution in [1.82, 2.24) is 4.31 Å². The molecule has 28 heavy (non-hydrogen) atoms. The number of piperazine rings is 1. The van der Waals surface area contributed by atoms with E-state index in [1.54, 1.807) is 24.3 Å². The van der Waals surface area contributed by atoms with Crippen LogP contribution >= 0.6 is 0 Å². The third kappa shape index (κ3) is 4.60. The zero-order chi connectivity index (χ0) is 20.1. The highest BCUT2D eigenvalue weighted by molar-refractivity contribution is 7.89. The monoisotopic (exact) mass is 402 g/mol. The molecule has 2 aromatic rings. The van der Waals surface area contributed by atoms with Crippen molar-refractivity contribution in [2.75, 3.05) is 38.5 Å². The van der Waals surface area contributed by atoms with Crippen molar-refractivity contribution < 1.29 is 18.1 Å². The highest BCUT2D eigenvalue weighted by Crippen LogP contribution is 2.23. The Bertz CT molecular complexity index is 890. The van der Waals surface area contributed by atoms with Crippen LogP contribution in [0.15, 0.2) is 59.5 Å². The maximum atomic E-state index is 12.8. The molecule has 2 N–H and O–H groups in total. The number of amides is 1. The molecule has 0 spiro atoms. The summed E-state index contributed by atoms with van der Waals surface area (Å²) < 4.78 is 27.1. The zero-order valence-electron chi connectivity index (χ0n) is 16.4. The lowest BCUT2D eigenvalue weighted by molar-refractivity contribution is -0.883. The Labute approximate surface area is 167 Å². The summed E-state index contributed by atoms with van der Waals surface area (Å²) in [6.45, 7) is 4.66. The van der Waals surface area contributed by atoms with E-state index in [1.807, 2.05) is 37.3 Å². The van der Waals surface area contributed by atoms with Gasteiger partial charge in [-0.3, -0.25) is 4.79 Å². The van der Waals surface area contributed by atoms with Crippen molar-refractivity contribution in [3.05, 3.63) is 60.2 Å². The minimum Gasteiger partial charge on any atom is -0.335 e. The Hall–Kier alpha value is -2.22. The molecule has 1 fully saturated rings. The van der Waals surface area contributed by atoms with Crippen LogP contribution in [0, 0.1) is 0 Å². The van der Waals surface area contributed by atoms with Gasteiger partial charge >= 0.3 is 0 Å². The minimum absolute atomic E-state index is 0.0913. The molecule has 1 saturated heterocycles. The van der Waals surface area contributed by atoms with E-state index in [9.17, 15) is 13.2 Å². The third-order valence-electron chi connectivity index (χ3n) is 5.26. The van der Waals surface area contributed by atoms with Crippen molar-refractivity contribution in [2.24, 2.45) is 0 Å². The fourth-order valence-corrected chi connectivity index (χ4v) is 4.90. The molecule has 2 aromatic carbocycles. The summed E-state index contributed by atoms with van der Waals surface area (Å²) in [5, 5.41) is 2.90. The fraction of sp³-hybridized carbons (Fsp3) is 0.381. The number of hydrogen-bond acceptors (Lipinski definition) is 3. The summed E-state index contributed by atoms with van der Waals surface area (Å²) in [5.74, 6) is -0.330. The van der Waals surface area contributed by atoms with Crippen LogP contribution < -0.4 is 10.2 Å². The second-order valence-corrected chi connectivity index (χ2v) is 9.18. The Balaban J connectivity index is 1.69. The standard InChI is InChI=1S/C21H27N3O3S/c1-3-20(17-7-5-4-6-8-17)21(25)22-18-9-11-19(12-10-18)28(26,27)24-15-13-23(2)14-16-24/h4-12,20H,3,13-16H2,1-2H3,(H,22,25)/p+1/t20-/m1/s1. The Morgan fingerprint density at radius 2 is 1.68 bits per heavy atom. The summed E-state index contributed by atoms with van der Waals surface area (Å²) in [6, 6.07) is 16.1. The van der Waals surface area contributed by atoms with Crippen LogP contribution in [0.2, 0.25) is 0 Å². The summed E-state index contributed by atoms with van der Waals surface area (Å²) >= 11 is 0. The maximum absolute atomic E-state index is 12.8. The molecular weight excluding hydrogens is 374 g/mol. The molecule has 0 bridgehead atoms. The van der Waals surface area contributed by atoms with Gasteiger partial charge in [0.15, 0.2) is 0 Å². The number of carbonyl (C=O) groups excluding carboxylic acids is 1. The molecule has 0 radical (unpaired) electrons. The number of sulfonamides is 1. The second-order valence-electron chi connectivity index (χ2n) is 7.25. The van der Waals surface area contributed by atoms with Gasteiger partial charge in [-0.2, -0.15) is 4.31 Å². The zero-order valence-corrected chi connectivity index (χ0v) is 17.2. The van der Waals surface area contributed by atoms with Crippen molar-refractivity contribution >= 4 is 21.6 Å². The predicted molar refractivity (Wildman–Crippen MR) is 110 cm³/mol. The molecule has 1 aliphatic heterocycles. The number of quaternary nitrogens is 1. The molecule has 1 heterocycles. The first kappa shape index (κ1) is 20.5. The molecular formula is C21H28N3O3S+. The Morgan fingerprint density at radius 3 is 2.25 bits per heavy atom. The molecule has 0 saturated carbocycles.